The van der Waals surface area contributed by atoms with E-state index in [2.05, 4.69) is 28.9 Å². The molecule has 0 aliphatic carbocycles. The molecule has 0 saturated heterocycles. The van der Waals surface area contributed by atoms with E-state index >= 15 is 0 Å². The third kappa shape index (κ3) is 4.15. The van der Waals surface area contributed by atoms with Crippen LogP contribution in [0.2, 0.25) is 0 Å². The first kappa shape index (κ1) is 13.5. The number of nitrogens with zero attached hydrogens (tertiary/aromatic N) is 2. The number of hydrogen-bond donors (Lipinski definition) is 2. The fraction of sp³-hybridized carbons (Fsp3) is 0.818. The van der Waals surface area contributed by atoms with E-state index in [9.17, 15) is 0 Å². The minimum Gasteiger partial charge on any atom is -0.271 e. The Bertz CT molecular complexity index is 263. The Kier molecular flexibility index (Phi) is 6.52. The molecule has 0 aromatic carbocycles. The second-order valence-electron chi connectivity index (χ2n) is 4.20. The molecule has 1 aromatic rings. The number of rotatable bonds is 8. The van der Waals surface area contributed by atoms with E-state index in [1.807, 2.05) is 5.38 Å². The van der Waals surface area contributed by atoms with Gasteiger partial charge in [0.1, 0.15) is 0 Å². The Balaban J connectivity index is 2.47. The van der Waals surface area contributed by atoms with Gasteiger partial charge >= 0.3 is 0 Å². The standard InChI is InChI=1S/C11H22N4S/c1-3-5-6-9(4-2)7-10(13-12)11-8-16-15-14-11/h8-10,13H,3-7,12H2,1-2H3. The first-order valence-corrected chi connectivity index (χ1v) is 6.88. The minimum atomic E-state index is 0.153. The van der Waals surface area contributed by atoms with Crippen molar-refractivity contribution in [3.63, 3.8) is 0 Å². The number of unbranched alkanes of at least 4 members (excludes halogenated alkanes) is 1. The molecular weight excluding hydrogens is 220 g/mol. The lowest BCUT2D eigenvalue weighted by atomic mass is 9.91. The van der Waals surface area contributed by atoms with Gasteiger partial charge in [0.2, 0.25) is 0 Å². The van der Waals surface area contributed by atoms with Gasteiger partial charge in [0.15, 0.2) is 0 Å². The summed E-state index contributed by atoms with van der Waals surface area (Å²) in [6, 6.07) is 0.153. The van der Waals surface area contributed by atoms with Crippen molar-refractivity contribution in [2.75, 3.05) is 0 Å². The summed E-state index contributed by atoms with van der Waals surface area (Å²) < 4.78 is 3.88. The van der Waals surface area contributed by atoms with Crippen LogP contribution in [0.1, 0.15) is 57.7 Å². The Morgan fingerprint density at radius 1 is 1.50 bits per heavy atom. The molecule has 0 bridgehead atoms. The lowest BCUT2D eigenvalue weighted by molar-refractivity contribution is 0.352. The molecule has 1 aromatic heterocycles. The quantitative estimate of drug-likeness (QED) is 0.543. The molecule has 0 radical (unpaired) electrons. The summed E-state index contributed by atoms with van der Waals surface area (Å²) in [7, 11) is 0. The van der Waals surface area contributed by atoms with E-state index in [0.29, 0.717) is 0 Å². The molecule has 5 heteroatoms. The maximum Gasteiger partial charge on any atom is 0.0938 e. The van der Waals surface area contributed by atoms with Crippen molar-refractivity contribution in [2.24, 2.45) is 11.8 Å². The fourth-order valence-corrected chi connectivity index (χ4v) is 2.42. The molecule has 0 aliphatic rings. The van der Waals surface area contributed by atoms with Crippen molar-refractivity contribution in [1.29, 1.82) is 0 Å². The van der Waals surface area contributed by atoms with Crippen LogP contribution in [0.15, 0.2) is 5.38 Å². The van der Waals surface area contributed by atoms with Crippen molar-refractivity contribution >= 4 is 11.5 Å². The molecule has 0 aliphatic heterocycles. The van der Waals surface area contributed by atoms with Gasteiger partial charge in [-0.3, -0.25) is 11.3 Å². The molecule has 4 nitrogen and oxygen atoms in total. The molecule has 1 heterocycles. The zero-order valence-corrected chi connectivity index (χ0v) is 11.0. The van der Waals surface area contributed by atoms with Crippen LogP contribution < -0.4 is 11.3 Å². The van der Waals surface area contributed by atoms with Gasteiger partial charge in [-0.2, -0.15) is 0 Å². The molecule has 2 atom stereocenters. The monoisotopic (exact) mass is 242 g/mol. The lowest BCUT2D eigenvalue weighted by Gasteiger charge is -2.20. The third-order valence-electron chi connectivity index (χ3n) is 3.05. The van der Waals surface area contributed by atoms with E-state index in [0.717, 1.165) is 18.0 Å². The van der Waals surface area contributed by atoms with Gasteiger partial charge in [-0.25, -0.2) is 0 Å². The van der Waals surface area contributed by atoms with Crippen molar-refractivity contribution in [3.05, 3.63) is 11.1 Å². The summed E-state index contributed by atoms with van der Waals surface area (Å²) in [5.41, 5.74) is 3.82. The van der Waals surface area contributed by atoms with Crippen LogP contribution in [-0.4, -0.2) is 9.59 Å². The van der Waals surface area contributed by atoms with Crippen molar-refractivity contribution < 1.29 is 0 Å². The predicted octanol–water partition coefficient (Wildman–Crippen LogP) is 2.65. The maximum atomic E-state index is 5.58. The third-order valence-corrected chi connectivity index (χ3v) is 3.57. The minimum absolute atomic E-state index is 0.153. The number of nitrogens with two attached hydrogens (primary N) is 1. The molecular formula is C11H22N4S. The highest BCUT2D eigenvalue weighted by Gasteiger charge is 2.17. The number of hydrogen-bond acceptors (Lipinski definition) is 5. The van der Waals surface area contributed by atoms with E-state index in [4.69, 9.17) is 5.84 Å². The van der Waals surface area contributed by atoms with Crippen LogP contribution >= 0.6 is 11.5 Å². The zero-order valence-electron chi connectivity index (χ0n) is 10.1. The topological polar surface area (TPSA) is 63.8 Å². The second-order valence-corrected chi connectivity index (χ2v) is 4.81. The molecule has 3 N–H and O–H groups in total. The molecule has 0 fully saturated rings. The molecule has 1 rings (SSSR count). The normalized spacial score (nSPS) is 14.9. The summed E-state index contributed by atoms with van der Waals surface area (Å²) >= 11 is 1.38. The Morgan fingerprint density at radius 3 is 2.81 bits per heavy atom. The summed E-state index contributed by atoms with van der Waals surface area (Å²) in [6.45, 7) is 4.48. The second kappa shape index (κ2) is 7.70. The highest BCUT2D eigenvalue weighted by molar-refractivity contribution is 7.03. The molecule has 92 valence electrons. The molecule has 2 unspecified atom stereocenters. The van der Waals surface area contributed by atoms with E-state index in [-0.39, 0.29) is 6.04 Å². The number of aromatic nitrogens is 2. The molecule has 0 saturated carbocycles. The van der Waals surface area contributed by atoms with Gasteiger partial charge in [-0.05, 0) is 23.9 Å². The van der Waals surface area contributed by atoms with Gasteiger partial charge in [-0.1, -0.05) is 44.0 Å². The van der Waals surface area contributed by atoms with E-state index < -0.39 is 0 Å². The zero-order chi connectivity index (χ0) is 11.8. The van der Waals surface area contributed by atoms with Crippen LogP contribution in [0, 0.1) is 5.92 Å². The van der Waals surface area contributed by atoms with E-state index in [1.54, 1.807) is 0 Å². The Morgan fingerprint density at radius 2 is 2.31 bits per heavy atom. The Labute approximate surface area is 102 Å². The SMILES string of the molecule is CCCCC(CC)CC(NN)c1csnn1. The average Bonchev–Trinajstić information content (AvgIpc) is 2.83. The van der Waals surface area contributed by atoms with Crippen LogP contribution in [0.5, 0.6) is 0 Å². The maximum absolute atomic E-state index is 5.58. The van der Waals surface area contributed by atoms with Gasteiger partial charge in [-0.15, -0.1) is 5.10 Å². The average molecular weight is 242 g/mol. The number of nitrogens with one attached hydrogen (secondary N) is 1. The molecule has 0 spiro atoms. The van der Waals surface area contributed by atoms with Gasteiger partial charge in [0.25, 0.3) is 0 Å². The first-order chi connectivity index (χ1) is 7.81. The first-order valence-electron chi connectivity index (χ1n) is 6.04. The fourth-order valence-electron chi connectivity index (χ4n) is 1.91. The van der Waals surface area contributed by atoms with Crippen LogP contribution in [0.3, 0.4) is 0 Å². The van der Waals surface area contributed by atoms with Gasteiger partial charge in [0, 0.05) is 5.38 Å². The number of hydrazine groups is 1. The van der Waals surface area contributed by atoms with E-state index in [1.165, 1.54) is 37.2 Å². The largest absolute Gasteiger partial charge is 0.271 e. The molecule has 16 heavy (non-hydrogen) atoms. The lowest BCUT2D eigenvalue weighted by Crippen LogP contribution is -2.30. The van der Waals surface area contributed by atoms with Gasteiger partial charge in [0.05, 0.1) is 11.7 Å². The predicted molar refractivity (Wildman–Crippen MR) is 67.9 cm³/mol. The van der Waals surface area contributed by atoms with Crippen LogP contribution in [0.25, 0.3) is 0 Å². The molecule has 0 amide bonds. The van der Waals surface area contributed by atoms with Crippen LogP contribution in [0.4, 0.5) is 0 Å². The van der Waals surface area contributed by atoms with Crippen molar-refractivity contribution in [1.82, 2.24) is 15.0 Å². The van der Waals surface area contributed by atoms with Crippen molar-refractivity contribution in [2.45, 2.75) is 52.0 Å². The summed E-state index contributed by atoms with van der Waals surface area (Å²) in [5, 5.41) is 6.05. The highest BCUT2D eigenvalue weighted by Crippen LogP contribution is 2.25. The summed E-state index contributed by atoms with van der Waals surface area (Å²) in [6.07, 6.45) is 6.09. The Hall–Kier alpha value is -0.520. The summed E-state index contributed by atoms with van der Waals surface area (Å²) in [5.74, 6) is 6.31. The summed E-state index contributed by atoms with van der Waals surface area (Å²) in [4.78, 5) is 0. The highest BCUT2D eigenvalue weighted by atomic mass is 32.1. The smallest absolute Gasteiger partial charge is 0.0938 e. The van der Waals surface area contributed by atoms with Crippen LogP contribution in [-0.2, 0) is 0 Å². The van der Waals surface area contributed by atoms with Crippen molar-refractivity contribution in [3.8, 4) is 0 Å². The van der Waals surface area contributed by atoms with Gasteiger partial charge < -0.3 is 0 Å².